The molecule has 6 rings (SSSR count). The number of aromatic nitrogens is 1. The molecule has 0 saturated carbocycles. The van der Waals surface area contributed by atoms with E-state index >= 15 is 0 Å². The van der Waals surface area contributed by atoms with Crippen molar-refractivity contribution in [2.75, 3.05) is 11.9 Å². The number of nitrogens with zero attached hydrogens (tertiary/aromatic N) is 1. The van der Waals surface area contributed by atoms with Crippen LogP contribution in [0.4, 0.5) is 18.9 Å². The normalized spacial score (nSPS) is 12.9. The van der Waals surface area contributed by atoms with Crippen molar-refractivity contribution in [3.05, 3.63) is 144 Å². The predicted octanol–water partition coefficient (Wildman–Crippen LogP) is 8.48. The number of carbonyl (C=O) groups excluding carboxylic acids is 2. The number of ether oxygens (including phenoxy) is 1. The SMILES string of the molecule is O=C(Nc1ccc(CCCCC2(C(=O)NCC(F)(F)F)c3ccccc3-c3ccccc32)nc1)c1ccccc1Oc1ccccc1. The summed E-state index contributed by atoms with van der Waals surface area (Å²) in [5.74, 6) is 0.0598. The smallest absolute Gasteiger partial charge is 0.405 e. The molecular formula is C38H32F3N3O3. The van der Waals surface area contributed by atoms with Crippen molar-refractivity contribution < 1.29 is 27.5 Å². The molecule has 238 valence electrons. The zero-order chi connectivity index (χ0) is 32.9. The molecule has 5 aromatic rings. The van der Waals surface area contributed by atoms with E-state index in [0.717, 1.165) is 27.9 Å². The van der Waals surface area contributed by atoms with Crippen LogP contribution in [0.15, 0.2) is 121 Å². The second-order valence-corrected chi connectivity index (χ2v) is 11.4. The molecule has 1 heterocycles. The van der Waals surface area contributed by atoms with E-state index in [2.05, 4.69) is 15.6 Å². The van der Waals surface area contributed by atoms with E-state index in [9.17, 15) is 22.8 Å². The molecule has 0 bridgehead atoms. The maximum absolute atomic E-state index is 13.7. The van der Waals surface area contributed by atoms with Crippen LogP contribution in [-0.4, -0.2) is 29.5 Å². The fourth-order valence-electron chi connectivity index (χ4n) is 6.18. The van der Waals surface area contributed by atoms with Gasteiger partial charge in [0.05, 0.1) is 17.4 Å². The number of hydrogen-bond donors (Lipinski definition) is 2. The lowest BCUT2D eigenvalue weighted by atomic mass is 9.73. The van der Waals surface area contributed by atoms with E-state index in [1.807, 2.05) is 84.9 Å². The van der Waals surface area contributed by atoms with Crippen molar-refractivity contribution in [3.63, 3.8) is 0 Å². The van der Waals surface area contributed by atoms with Crippen LogP contribution in [0.2, 0.25) is 0 Å². The first-order valence-corrected chi connectivity index (χ1v) is 15.4. The molecule has 1 aromatic heterocycles. The first-order valence-electron chi connectivity index (χ1n) is 15.4. The Kier molecular flexibility index (Phi) is 9.06. The van der Waals surface area contributed by atoms with E-state index in [1.165, 1.54) is 0 Å². The number of benzene rings is 4. The van der Waals surface area contributed by atoms with Gasteiger partial charge in [-0.1, -0.05) is 85.3 Å². The highest BCUT2D eigenvalue weighted by molar-refractivity contribution is 6.06. The highest BCUT2D eigenvalue weighted by Gasteiger charge is 2.49. The van der Waals surface area contributed by atoms with Gasteiger partial charge >= 0.3 is 6.18 Å². The second-order valence-electron chi connectivity index (χ2n) is 11.4. The lowest BCUT2D eigenvalue weighted by molar-refractivity contribution is -0.141. The number of anilines is 1. The summed E-state index contributed by atoms with van der Waals surface area (Å²) in [7, 11) is 0. The minimum atomic E-state index is -4.52. The number of unbranched alkanes of at least 4 members (excludes halogenated alkanes) is 1. The van der Waals surface area contributed by atoms with Crippen molar-refractivity contribution in [3.8, 4) is 22.6 Å². The van der Waals surface area contributed by atoms with E-state index in [4.69, 9.17) is 4.74 Å². The van der Waals surface area contributed by atoms with Crippen molar-refractivity contribution in [1.29, 1.82) is 0 Å². The minimum Gasteiger partial charge on any atom is -0.457 e. The number of amides is 2. The van der Waals surface area contributed by atoms with E-state index in [-0.39, 0.29) is 5.91 Å². The number of aryl methyl sites for hydroxylation is 1. The molecule has 47 heavy (non-hydrogen) atoms. The van der Waals surface area contributed by atoms with Gasteiger partial charge in [-0.2, -0.15) is 13.2 Å². The van der Waals surface area contributed by atoms with Gasteiger partial charge in [0, 0.05) is 5.69 Å². The Bertz CT molecular complexity index is 1830. The average Bonchev–Trinajstić information content (AvgIpc) is 3.37. The number of nitrogens with one attached hydrogen (secondary N) is 2. The molecular weight excluding hydrogens is 603 g/mol. The van der Waals surface area contributed by atoms with E-state index < -0.39 is 24.0 Å². The first kappa shape index (κ1) is 31.5. The van der Waals surface area contributed by atoms with Crippen LogP contribution >= 0.6 is 0 Å². The molecule has 9 heteroatoms. The number of pyridine rings is 1. The average molecular weight is 636 g/mol. The maximum Gasteiger partial charge on any atom is 0.405 e. The van der Waals surface area contributed by atoms with Crippen LogP contribution in [0.3, 0.4) is 0 Å². The van der Waals surface area contributed by atoms with Crippen molar-refractivity contribution in [2.24, 2.45) is 0 Å². The Hall–Kier alpha value is -5.44. The number of halogens is 3. The van der Waals surface area contributed by atoms with Crippen LogP contribution < -0.4 is 15.4 Å². The number of para-hydroxylation sites is 2. The molecule has 6 nitrogen and oxygen atoms in total. The van der Waals surface area contributed by atoms with Gasteiger partial charge < -0.3 is 15.4 Å². The Labute approximate surface area is 270 Å². The molecule has 1 aliphatic carbocycles. The number of rotatable bonds is 11. The molecule has 0 saturated heterocycles. The summed E-state index contributed by atoms with van der Waals surface area (Å²) < 4.78 is 45.4. The third-order valence-corrected chi connectivity index (χ3v) is 8.32. The third-order valence-electron chi connectivity index (χ3n) is 8.32. The third kappa shape index (κ3) is 6.89. The summed E-state index contributed by atoms with van der Waals surface area (Å²) in [6, 6.07) is 34.7. The molecule has 0 aliphatic heterocycles. The molecule has 0 spiro atoms. The number of carbonyl (C=O) groups is 2. The van der Waals surface area contributed by atoms with Crippen molar-refractivity contribution >= 4 is 17.5 Å². The van der Waals surface area contributed by atoms with Crippen LogP contribution in [0.25, 0.3) is 11.1 Å². The largest absolute Gasteiger partial charge is 0.457 e. The maximum atomic E-state index is 13.7. The van der Waals surface area contributed by atoms with Crippen molar-refractivity contribution in [2.45, 2.75) is 37.3 Å². The number of alkyl halides is 3. The summed E-state index contributed by atoms with van der Waals surface area (Å²) in [5, 5.41) is 5.04. The molecule has 4 aromatic carbocycles. The lowest BCUT2D eigenvalue weighted by Crippen LogP contribution is -2.47. The minimum absolute atomic E-state index is 0.336. The molecule has 2 N–H and O–H groups in total. The van der Waals surface area contributed by atoms with Gasteiger partial charge in [-0.05, 0) is 77.9 Å². The standard InChI is InChI=1S/C38H32F3N3O3/c39-38(40,41)25-43-36(46)37(32-18-7-4-15-29(32)30-16-5-8-19-33(30)37)23-11-10-12-26-21-22-27(24-42-26)44-35(45)31-17-6-9-20-34(31)47-28-13-2-1-3-14-28/h1-9,13-22,24H,10-12,23,25H2,(H,43,46)(H,44,45). The van der Waals surface area contributed by atoms with Gasteiger partial charge in [-0.15, -0.1) is 0 Å². The van der Waals surface area contributed by atoms with Gasteiger partial charge in [0.2, 0.25) is 5.91 Å². The summed E-state index contributed by atoms with van der Waals surface area (Å²) in [6.45, 7) is -1.39. The second kappa shape index (κ2) is 13.5. The van der Waals surface area contributed by atoms with Crippen molar-refractivity contribution in [1.82, 2.24) is 10.3 Å². The topological polar surface area (TPSA) is 80.3 Å². The van der Waals surface area contributed by atoms with Gasteiger partial charge in [0.15, 0.2) is 0 Å². The Morgan fingerprint density at radius 1 is 0.745 bits per heavy atom. The molecule has 0 unspecified atom stereocenters. The molecule has 0 radical (unpaired) electrons. The van der Waals surface area contributed by atoms with Crippen LogP contribution in [0.5, 0.6) is 11.5 Å². The van der Waals surface area contributed by atoms with Gasteiger partial charge in [0.25, 0.3) is 5.91 Å². The number of fused-ring (bicyclic) bond motifs is 3. The monoisotopic (exact) mass is 635 g/mol. The summed E-state index contributed by atoms with van der Waals surface area (Å²) in [5.41, 5.74) is 3.61. The Morgan fingerprint density at radius 2 is 1.38 bits per heavy atom. The summed E-state index contributed by atoms with van der Waals surface area (Å²) in [6.07, 6.45) is -0.786. The Balaban J connectivity index is 1.11. The van der Waals surface area contributed by atoms with Crippen LogP contribution in [0, 0.1) is 0 Å². The molecule has 2 amide bonds. The van der Waals surface area contributed by atoms with Gasteiger partial charge in [-0.25, -0.2) is 0 Å². The van der Waals surface area contributed by atoms with Gasteiger partial charge in [0.1, 0.15) is 23.5 Å². The predicted molar refractivity (Wildman–Crippen MR) is 174 cm³/mol. The molecule has 0 fully saturated rings. The molecule has 1 aliphatic rings. The Morgan fingerprint density at radius 3 is 2.04 bits per heavy atom. The van der Waals surface area contributed by atoms with E-state index in [0.29, 0.717) is 48.4 Å². The quantitative estimate of drug-likeness (QED) is 0.143. The zero-order valence-electron chi connectivity index (χ0n) is 25.4. The zero-order valence-corrected chi connectivity index (χ0v) is 25.4. The number of hydrogen-bond acceptors (Lipinski definition) is 4. The molecule has 0 atom stereocenters. The fraction of sp³-hybridized carbons (Fsp3) is 0.184. The van der Waals surface area contributed by atoms with E-state index in [1.54, 1.807) is 36.5 Å². The van der Waals surface area contributed by atoms with Crippen LogP contribution in [-0.2, 0) is 16.6 Å². The fourth-order valence-corrected chi connectivity index (χ4v) is 6.18. The lowest BCUT2D eigenvalue weighted by Gasteiger charge is -2.31. The first-order chi connectivity index (χ1) is 22.7. The highest BCUT2D eigenvalue weighted by Crippen LogP contribution is 2.51. The van der Waals surface area contributed by atoms with Gasteiger partial charge in [-0.3, -0.25) is 14.6 Å². The van der Waals surface area contributed by atoms with Crippen LogP contribution in [0.1, 0.15) is 46.4 Å². The summed E-state index contributed by atoms with van der Waals surface area (Å²) >= 11 is 0. The summed E-state index contributed by atoms with van der Waals surface area (Å²) in [4.78, 5) is 31.3. The highest BCUT2D eigenvalue weighted by atomic mass is 19.4.